The summed E-state index contributed by atoms with van der Waals surface area (Å²) in [6.45, 7) is 2.04. The molecule has 0 amide bonds. The maximum atomic E-state index is 13.1. The van der Waals surface area contributed by atoms with Crippen molar-refractivity contribution in [3.63, 3.8) is 0 Å². The Morgan fingerprint density at radius 1 is 0.952 bits per heavy atom. The highest BCUT2D eigenvalue weighted by atomic mass is 19.2. The molecule has 112 valence electrons. The number of hydrogen-bond donors (Lipinski definition) is 2. The standard InChI is InChI=1S/C16H16F3NO/c1-10(11-2-5-13(17)6-3-11)20-9-16(21)12-4-7-14(18)15(19)8-12/h2-8,10,16,20-21H,9H2,1H3/t10-,16?/m1/s1. The van der Waals surface area contributed by atoms with Crippen LogP contribution in [-0.4, -0.2) is 11.7 Å². The van der Waals surface area contributed by atoms with Gasteiger partial charge >= 0.3 is 0 Å². The molecule has 1 unspecified atom stereocenters. The van der Waals surface area contributed by atoms with Crippen molar-refractivity contribution in [2.75, 3.05) is 6.54 Å². The first kappa shape index (κ1) is 15.5. The normalized spacial score (nSPS) is 14.0. The molecule has 21 heavy (non-hydrogen) atoms. The Labute approximate surface area is 121 Å². The van der Waals surface area contributed by atoms with Crippen molar-refractivity contribution in [3.8, 4) is 0 Å². The van der Waals surface area contributed by atoms with Gasteiger partial charge in [-0.2, -0.15) is 0 Å². The van der Waals surface area contributed by atoms with Crippen LogP contribution in [0.5, 0.6) is 0 Å². The third-order valence-electron chi connectivity index (χ3n) is 3.32. The zero-order valence-corrected chi connectivity index (χ0v) is 11.5. The van der Waals surface area contributed by atoms with Gasteiger partial charge in [-0.1, -0.05) is 18.2 Å². The van der Waals surface area contributed by atoms with E-state index in [-0.39, 0.29) is 18.4 Å². The average molecular weight is 295 g/mol. The molecular formula is C16H16F3NO. The molecule has 0 aliphatic heterocycles. The number of benzene rings is 2. The van der Waals surface area contributed by atoms with E-state index in [1.54, 1.807) is 12.1 Å². The number of hydrogen-bond acceptors (Lipinski definition) is 2. The van der Waals surface area contributed by atoms with E-state index in [1.165, 1.54) is 18.2 Å². The van der Waals surface area contributed by atoms with Gasteiger partial charge in [-0.05, 0) is 42.3 Å². The highest BCUT2D eigenvalue weighted by Gasteiger charge is 2.13. The van der Waals surface area contributed by atoms with Gasteiger partial charge in [-0.15, -0.1) is 0 Å². The lowest BCUT2D eigenvalue weighted by molar-refractivity contribution is 0.170. The monoisotopic (exact) mass is 295 g/mol. The first-order valence-electron chi connectivity index (χ1n) is 6.59. The molecule has 0 saturated heterocycles. The molecule has 0 radical (unpaired) electrons. The van der Waals surface area contributed by atoms with Crippen LogP contribution in [-0.2, 0) is 0 Å². The van der Waals surface area contributed by atoms with Gasteiger partial charge in [0.25, 0.3) is 0 Å². The Bertz CT molecular complexity index is 601. The lowest BCUT2D eigenvalue weighted by Gasteiger charge is -2.18. The fourth-order valence-corrected chi connectivity index (χ4v) is 2.00. The summed E-state index contributed by atoms with van der Waals surface area (Å²) in [7, 11) is 0. The van der Waals surface area contributed by atoms with E-state index in [0.717, 1.165) is 17.7 Å². The second kappa shape index (κ2) is 6.74. The van der Waals surface area contributed by atoms with Crippen LogP contribution in [0.4, 0.5) is 13.2 Å². The molecule has 2 aromatic carbocycles. The quantitative estimate of drug-likeness (QED) is 0.885. The van der Waals surface area contributed by atoms with Crippen molar-refractivity contribution < 1.29 is 18.3 Å². The first-order chi connectivity index (χ1) is 9.97. The lowest BCUT2D eigenvalue weighted by Crippen LogP contribution is -2.24. The van der Waals surface area contributed by atoms with Gasteiger partial charge in [-0.3, -0.25) is 0 Å². The SMILES string of the molecule is C[C@@H](NCC(O)c1ccc(F)c(F)c1)c1ccc(F)cc1. The summed E-state index contributed by atoms with van der Waals surface area (Å²) in [6.07, 6.45) is -0.956. The Balaban J connectivity index is 1.95. The average Bonchev–Trinajstić information content (AvgIpc) is 2.48. The van der Waals surface area contributed by atoms with Crippen LogP contribution < -0.4 is 5.32 Å². The topological polar surface area (TPSA) is 32.3 Å². The molecule has 0 saturated carbocycles. The number of halogens is 3. The third-order valence-corrected chi connectivity index (χ3v) is 3.32. The zero-order chi connectivity index (χ0) is 15.4. The van der Waals surface area contributed by atoms with E-state index in [9.17, 15) is 18.3 Å². The summed E-state index contributed by atoms with van der Waals surface area (Å²) in [5.41, 5.74) is 1.17. The van der Waals surface area contributed by atoms with Gasteiger partial charge in [0.15, 0.2) is 11.6 Å². The van der Waals surface area contributed by atoms with Crippen LogP contribution in [0.1, 0.15) is 30.2 Å². The van der Waals surface area contributed by atoms with Gasteiger partial charge in [0.2, 0.25) is 0 Å². The lowest BCUT2D eigenvalue weighted by atomic mass is 10.1. The molecule has 2 N–H and O–H groups in total. The number of nitrogens with one attached hydrogen (secondary N) is 1. The number of aliphatic hydroxyl groups is 1. The minimum absolute atomic E-state index is 0.106. The predicted molar refractivity (Wildman–Crippen MR) is 74.1 cm³/mol. The molecule has 0 bridgehead atoms. The van der Waals surface area contributed by atoms with Crippen molar-refractivity contribution in [2.45, 2.75) is 19.1 Å². The molecule has 2 atom stereocenters. The van der Waals surface area contributed by atoms with Crippen molar-refractivity contribution in [1.82, 2.24) is 5.32 Å². The number of rotatable bonds is 5. The minimum Gasteiger partial charge on any atom is -0.387 e. The van der Waals surface area contributed by atoms with Crippen molar-refractivity contribution in [3.05, 3.63) is 71.0 Å². The second-order valence-corrected chi connectivity index (χ2v) is 4.87. The van der Waals surface area contributed by atoms with Crippen LogP contribution in [0, 0.1) is 17.5 Å². The molecular weight excluding hydrogens is 279 g/mol. The summed E-state index contributed by atoms with van der Waals surface area (Å²) in [5.74, 6) is -2.25. The molecule has 2 aromatic rings. The van der Waals surface area contributed by atoms with E-state index in [0.29, 0.717) is 5.56 Å². The van der Waals surface area contributed by atoms with E-state index in [1.807, 2.05) is 6.92 Å². The van der Waals surface area contributed by atoms with Crippen molar-refractivity contribution >= 4 is 0 Å². The smallest absolute Gasteiger partial charge is 0.159 e. The summed E-state index contributed by atoms with van der Waals surface area (Å²) in [4.78, 5) is 0. The van der Waals surface area contributed by atoms with Crippen LogP contribution in [0.25, 0.3) is 0 Å². The van der Waals surface area contributed by atoms with Crippen LogP contribution >= 0.6 is 0 Å². The molecule has 0 aliphatic carbocycles. The zero-order valence-electron chi connectivity index (χ0n) is 11.5. The van der Waals surface area contributed by atoms with Crippen molar-refractivity contribution in [2.24, 2.45) is 0 Å². The molecule has 5 heteroatoms. The molecule has 2 rings (SSSR count). The Hall–Kier alpha value is -1.85. The van der Waals surface area contributed by atoms with Crippen molar-refractivity contribution in [1.29, 1.82) is 0 Å². The maximum Gasteiger partial charge on any atom is 0.159 e. The van der Waals surface area contributed by atoms with E-state index in [4.69, 9.17) is 0 Å². The maximum absolute atomic E-state index is 13.1. The Kier molecular flexibility index (Phi) is 4.98. The molecule has 0 aliphatic rings. The molecule has 0 aromatic heterocycles. The largest absolute Gasteiger partial charge is 0.387 e. The van der Waals surface area contributed by atoms with Gasteiger partial charge in [-0.25, -0.2) is 13.2 Å². The summed E-state index contributed by atoms with van der Waals surface area (Å²) >= 11 is 0. The van der Waals surface area contributed by atoms with Gasteiger partial charge in [0.1, 0.15) is 5.82 Å². The Morgan fingerprint density at radius 2 is 1.57 bits per heavy atom. The summed E-state index contributed by atoms with van der Waals surface area (Å²) < 4.78 is 38.8. The highest BCUT2D eigenvalue weighted by Crippen LogP contribution is 2.18. The van der Waals surface area contributed by atoms with Gasteiger partial charge in [0, 0.05) is 12.6 Å². The van der Waals surface area contributed by atoms with Crippen LogP contribution in [0.2, 0.25) is 0 Å². The van der Waals surface area contributed by atoms with Gasteiger partial charge in [0.05, 0.1) is 6.10 Å². The fourth-order valence-electron chi connectivity index (χ4n) is 2.00. The second-order valence-electron chi connectivity index (χ2n) is 4.87. The molecule has 2 nitrogen and oxygen atoms in total. The first-order valence-corrected chi connectivity index (χ1v) is 6.59. The Morgan fingerprint density at radius 3 is 2.19 bits per heavy atom. The minimum atomic E-state index is -0.988. The highest BCUT2D eigenvalue weighted by molar-refractivity contribution is 5.21. The molecule has 0 spiro atoms. The van der Waals surface area contributed by atoms with E-state index >= 15 is 0 Å². The van der Waals surface area contributed by atoms with Crippen LogP contribution in [0.15, 0.2) is 42.5 Å². The number of aliphatic hydroxyl groups excluding tert-OH is 1. The van der Waals surface area contributed by atoms with Crippen LogP contribution in [0.3, 0.4) is 0 Å². The third kappa shape index (κ3) is 4.06. The predicted octanol–water partition coefficient (Wildman–Crippen LogP) is 3.49. The van der Waals surface area contributed by atoms with Gasteiger partial charge < -0.3 is 10.4 Å². The summed E-state index contributed by atoms with van der Waals surface area (Å²) in [5, 5.41) is 13.0. The molecule has 0 heterocycles. The van der Waals surface area contributed by atoms with E-state index in [2.05, 4.69) is 5.32 Å². The summed E-state index contributed by atoms with van der Waals surface area (Å²) in [6, 6.07) is 9.21. The molecule has 0 fully saturated rings. The van der Waals surface area contributed by atoms with E-state index < -0.39 is 17.7 Å². The fraction of sp³-hybridized carbons (Fsp3) is 0.250.